The van der Waals surface area contributed by atoms with Crippen molar-refractivity contribution in [2.45, 2.75) is 113 Å². The Bertz CT molecular complexity index is 1560. The number of aliphatic imine (C=N–C) groups is 1. The van der Waals surface area contributed by atoms with Crippen LogP contribution in [-0.4, -0.2) is 164 Å². The summed E-state index contributed by atoms with van der Waals surface area (Å²) in [5.74, 6) is -12.6. The lowest BCUT2D eigenvalue weighted by Gasteiger charge is -2.30. The average molecular weight is 846 g/mol. The van der Waals surface area contributed by atoms with Gasteiger partial charge < -0.3 is 80.0 Å². The molecule has 0 spiro atoms. The van der Waals surface area contributed by atoms with E-state index in [4.69, 9.17) is 28.0 Å². The lowest BCUT2D eigenvalue weighted by molar-refractivity contribution is -0.146. The third kappa shape index (κ3) is 18.8. The molecule has 1 aliphatic rings. The molecule has 0 aromatic heterocycles. The van der Waals surface area contributed by atoms with Crippen molar-refractivity contribution in [1.29, 1.82) is 0 Å². The summed E-state index contributed by atoms with van der Waals surface area (Å²) in [4.78, 5) is 131. The fraction of sp³-hybridized carbons (Fsp3) is 0.667. The van der Waals surface area contributed by atoms with Crippen molar-refractivity contribution in [3.63, 3.8) is 0 Å². The Kier molecular flexibility index (Phi) is 22.4. The molecule has 0 aromatic rings. The molecule has 0 saturated carbocycles. The van der Waals surface area contributed by atoms with Gasteiger partial charge in [0.15, 0.2) is 5.96 Å². The van der Waals surface area contributed by atoms with E-state index in [9.17, 15) is 68.4 Å². The highest BCUT2D eigenvalue weighted by atomic mass is 16.4. The SMILES string of the molecule is NCCCC[C@H](NC(=O)[C@H](CC(=O)O)NC(=O)[C@H](CC(=O)O)NC(=O)[C@@H](N)CCC(=O)O)C(=O)N[C@@H](CCCN=C(N)N)C(=O)N1CCC[C@H]1C(=O)N[C@@H](CO)C(=O)O. The zero-order chi connectivity index (χ0) is 44.8. The van der Waals surface area contributed by atoms with E-state index in [-0.39, 0.29) is 64.1 Å². The first-order chi connectivity index (χ1) is 27.7. The number of amides is 6. The van der Waals surface area contributed by atoms with Crippen molar-refractivity contribution in [3.05, 3.63) is 0 Å². The van der Waals surface area contributed by atoms with Gasteiger partial charge >= 0.3 is 23.9 Å². The number of nitrogens with zero attached hydrogens (tertiary/aromatic N) is 2. The number of unbranched alkanes of at least 4 members (excludes halogenated alkanes) is 1. The topological polar surface area (TPSA) is 452 Å². The first kappa shape index (κ1) is 50.9. The quantitative estimate of drug-likeness (QED) is 0.0198. The molecule has 0 aromatic carbocycles. The first-order valence-electron chi connectivity index (χ1n) is 18.5. The Morgan fingerprint density at radius 3 is 1.69 bits per heavy atom. The minimum absolute atomic E-state index is 0.00746. The molecular weight excluding hydrogens is 790 g/mol. The number of carbonyl (C=O) groups is 10. The van der Waals surface area contributed by atoms with Gasteiger partial charge in [-0.25, -0.2) is 4.79 Å². The highest BCUT2D eigenvalue weighted by Crippen LogP contribution is 2.20. The van der Waals surface area contributed by atoms with Crippen molar-refractivity contribution in [3.8, 4) is 0 Å². The summed E-state index contributed by atoms with van der Waals surface area (Å²) in [5.41, 5.74) is 22.0. The van der Waals surface area contributed by atoms with E-state index in [1.807, 2.05) is 5.32 Å². The van der Waals surface area contributed by atoms with Crippen LogP contribution in [-0.2, 0) is 47.9 Å². The smallest absolute Gasteiger partial charge is 0.328 e. The number of carbonyl (C=O) groups excluding carboxylic acids is 6. The molecule has 0 bridgehead atoms. The van der Waals surface area contributed by atoms with E-state index in [2.05, 4.69) is 26.3 Å². The predicted molar refractivity (Wildman–Crippen MR) is 201 cm³/mol. The molecule has 332 valence electrons. The van der Waals surface area contributed by atoms with Crippen molar-refractivity contribution < 1.29 is 73.5 Å². The molecule has 0 unspecified atom stereocenters. The summed E-state index contributed by atoms with van der Waals surface area (Å²) in [5, 5.41) is 57.5. The fourth-order valence-corrected chi connectivity index (χ4v) is 5.75. The Morgan fingerprint density at radius 2 is 1.19 bits per heavy atom. The molecule has 7 atom stereocenters. The van der Waals surface area contributed by atoms with Gasteiger partial charge in [-0.3, -0.25) is 48.1 Å². The number of nitrogens with two attached hydrogens (primary N) is 4. The third-order valence-electron chi connectivity index (χ3n) is 8.80. The molecule has 0 radical (unpaired) electrons. The van der Waals surface area contributed by atoms with Crippen LogP contribution in [0.15, 0.2) is 4.99 Å². The molecule has 1 heterocycles. The van der Waals surface area contributed by atoms with Gasteiger partial charge in [0.05, 0.1) is 25.5 Å². The number of rotatable bonds is 28. The molecule has 6 amide bonds. The zero-order valence-electron chi connectivity index (χ0n) is 32.2. The van der Waals surface area contributed by atoms with Gasteiger partial charge in [0.1, 0.15) is 36.3 Å². The maximum atomic E-state index is 14.0. The Morgan fingerprint density at radius 1 is 0.661 bits per heavy atom. The molecule has 1 aliphatic heterocycles. The van der Waals surface area contributed by atoms with Crippen LogP contribution < -0.4 is 49.5 Å². The predicted octanol–water partition coefficient (Wildman–Crippen LogP) is -6.20. The normalized spacial score (nSPS) is 16.5. The van der Waals surface area contributed by atoms with Gasteiger partial charge in [-0.15, -0.1) is 0 Å². The van der Waals surface area contributed by atoms with Crippen LogP contribution in [0.5, 0.6) is 0 Å². The number of nitrogens with one attached hydrogen (secondary N) is 5. The zero-order valence-corrected chi connectivity index (χ0v) is 32.2. The summed E-state index contributed by atoms with van der Waals surface area (Å²) in [7, 11) is 0. The second kappa shape index (κ2) is 26.0. The lowest BCUT2D eigenvalue weighted by atomic mass is 10.0. The number of carboxylic acids is 4. The number of aliphatic hydroxyl groups is 1. The fourth-order valence-electron chi connectivity index (χ4n) is 5.75. The van der Waals surface area contributed by atoms with Crippen LogP contribution in [0.2, 0.25) is 0 Å². The van der Waals surface area contributed by atoms with E-state index in [0.29, 0.717) is 12.8 Å². The van der Waals surface area contributed by atoms with Gasteiger partial charge in [-0.1, -0.05) is 0 Å². The van der Waals surface area contributed by atoms with Crippen LogP contribution in [0.25, 0.3) is 0 Å². The summed E-state index contributed by atoms with van der Waals surface area (Å²) in [6, 6.07) is -11.1. The van der Waals surface area contributed by atoms with Gasteiger partial charge in [0.25, 0.3) is 0 Å². The summed E-state index contributed by atoms with van der Waals surface area (Å²) < 4.78 is 0. The van der Waals surface area contributed by atoms with Crippen LogP contribution >= 0.6 is 0 Å². The molecule has 26 nitrogen and oxygen atoms in total. The highest BCUT2D eigenvalue weighted by Gasteiger charge is 2.40. The average Bonchev–Trinajstić information content (AvgIpc) is 3.65. The Balaban J connectivity index is 3.39. The molecule has 18 N–H and O–H groups in total. The van der Waals surface area contributed by atoms with Crippen LogP contribution in [0, 0.1) is 0 Å². The number of hydrogen-bond donors (Lipinski definition) is 14. The monoisotopic (exact) mass is 845 g/mol. The van der Waals surface area contributed by atoms with Gasteiger partial charge in [0.2, 0.25) is 35.4 Å². The van der Waals surface area contributed by atoms with E-state index in [1.54, 1.807) is 0 Å². The van der Waals surface area contributed by atoms with Gasteiger partial charge in [-0.05, 0) is 57.9 Å². The molecule has 59 heavy (non-hydrogen) atoms. The number of likely N-dealkylation sites (tertiary alicyclic amines) is 1. The summed E-state index contributed by atoms with van der Waals surface area (Å²) in [6.45, 7) is -0.726. The summed E-state index contributed by atoms with van der Waals surface area (Å²) >= 11 is 0. The number of carboxylic acid groups (broad SMARTS) is 4. The largest absolute Gasteiger partial charge is 0.481 e. The molecule has 1 rings (SSSR count). The van der Waals surface area contributed by atoms with Crippen molar-refractivity contribution in [2.24, 2.45) is 27.9 Å². The number of guanidine groups is 1. The minimum atomic E-state index is -1.96. The first-order valence-corrected chi connectivity index (χ1v) is 18.5. The number of aliphatic hydroxyl groups excluding tert-OH is 1. The second-order valence-corrected chi connectivity index (χ2v) is 13.5. The molecule has 1 fully saturated rings. The van der Waals surface area contributed by atoms with Gasteiger partial charge in [0, 0.05) is 19.5 Å². The summed E-state index contributed by atoms with van der Waals surface area (Å²) in [6.07, 6.45) is -2.20. The lowest BCUT2D eigenvalue weighted by Crippen LogP contribution is -2.60. The van der Waals surface area contributed by atoms with Crippen LogP contribution in [0.1, 0.15) is 70.6 Å². The van der Waals surface area contributed by atoms with Crippen molar-refractivity contribution in [1.82, 2.24) is 31.5 Å². The van der Waals surface area contributed by atoms with Gasteiger partial charge in [-0.2, -0.15) is 0 Å². The molecular formula is C33H55N11O15. The number of aliphatic carboxylic acids is 4. The van der Waals surface area contributed by atoms with E-state index < -0.39 is 127 Å². The Labute approximate surface area is 337 Å². The van der Waals surface area contributed by atoms with Crippen LogP contribution in [0.3, 0.4) is 0 Å². The van der Waals surface area contributed by atoms with E-state index >= 15 is 0 Å². The Hall–Kier alpha value is -6.15. The van der Waals surface area contributed by atoms with Crippen LogP contribution in [0.4, 0.5) is 0 Å². The molecule has 0 aliphatic carbocycles. The standard InChI is InChI=1S/C33H55N11O15/c34-10-2-1-5-17(39-28(54)20(14-25(50)51)42-29(55)19(13-24(48)49)41-26(52)16(35)8-9-23(46)47)27(53)40-18(6-3-11-38-33(36)37)31(57)44-12-4-7-22(44)30(56)43-21(15-45)32(58)59/h16-22,45H,1-15,34-35H2,(H,39,54)(H,40,53)(H,41,52)(H,42,55)(H,43,56)(H,46,47)(H,48,49)(H,50,51)(H,58,59)(H4,36,37,38)/t16-,17-,18-,19-,20-,21-,22-/m0/s1. The maximum absolute atomic E-state index is 14.0. The minimum Gasteiger partial charge on any atom is -0.481 e. The van der Waals surface area contributed by atoms with Crippen molar-refractivity contribution >= 4 is 65.3 Å². The maximum Gasteiger partial charge on any atom is 0.328 e. The molecule has 1 saturated heterocycles. The highest BCUT2D eigenvalue weighted by molar-refractivity contribution is 5.98. The number of hydrogen-bond acceptors (Lipinski definition) is 14. The van der Waals surface area contributed by atoms with E-state index in [1.165, 1.54) is 0 Å². The van der Waals surface area contributed by atoms with E-state index in [0.717, 1.165) is 4.90 Å². The van der Waals surface area contributed by atoms with Crippen molar-refractivity contribution in [2.75, 3.05) is 26.2 Å². The molecule has 26 heteroatoms. The second-order valence-electron chi connectivity index (χ2n) is 13.5. The third-order valence-corrected chi connectivity index (χ3v) is 8.80.